The van der Waals surface area contributed by atoms with Gasteiger partial charge in [0.05, 0.1) is 34.9 Å². The van der Waals surface area contributed by atoms with E-state index in [9.17, 15) is 13.2 Å². The topological polar surface area (TPSA) is 134 Å². The molecule has 1 amide bonds. The highest BCUT2D eigenvalue weighted by molar-refractivity contribution is 7.99. The van der Waals surface area contributed by atoms with Gasteiger partial charge in [0.15, 0.2) is 6.61 Å². The van der Waals surface area contributed by atoms with Gasteiger partial charge in [0.2, 0.25) is 21.9 Å². The van der Waals surface area contributed by atoms with Crippen LogP contribution >= 0.6 is 11.9 Å². The fourth-order valence-corrected chi connectivity index (χ4v) is 6.79. The highest BCUT2D eigenvalue weighted by Gasteiger charge is 2.32. The number of hydrogen-bond donors (Lipinski definition) is 1. The van der Waals surface area contributed by atoms with Crippen LogP contribution in [0.15, 0.2) is 53.4 Å². The first-order valence-electron chi connectivity index (χ1n) is 14.1. The van der Waals surface area contributed by atoms with Crippen molar-refractivity contribution >= 4 is 45.2 Å². The molecule has 44 heavy (non-hydrogen) atoms. The number of ether oxygens (including phenoxy) is 2. The van der Waals surface area contributed by atoms with Crippen molar-refractivity contribution in [3.05, 3.63) is 59.8 Å². The minimum Gasteiger partial charge on any atom is -0.489 e. The lowest BCUT2D eigenvalue weighted by atomic mass is 10.1. The summed E-state index contributed by atoms with van der Waals surface area (Å²) < 4.78 is 42.2. The smallest absolute Gasteiger partial charge is 0.260 e. The Kier molecular flexibility index (Phi) is 9.80. The predicted molar refractivity (Wildman–Crippen MR) is 172 cm³/mol. The first-order chi connectivity index (χ1) is 21.2. The zero-order valence-corrected chi connectivity index (χ0v) is 26.5. The maximum atomic E-state index is 13.7. The second-order valence-electron chi connectivity index (χ2n) is 10.0. The maximum Gasteiger partial charge on any atom is 0.260 e. The van der Waals surface area contributed by atoms with Gasteiger partial charge in [-0.25, -0.2) is 13.4 Å². The van der Waals surface area contributed by atoms with Gasteiger partial charge in [0.25, 0.3) is 5.91 Å². The number of piperazine rings is 1. The van der Waals surface area contributed by atoms with Gasteiger partial charge in [-0.05, 0) is 31.2 Å². The van der Waals surface area contributed by atoms with Gasteiger partial charge >= 0.3 is 0 Å². The lowest BCUT2D eigenvalue weighted by molar-refractivity contribution is 0.0977. The van der Waals surface area contributed by atoms with E-state index in [1.165, 1.54) is 28.4 Å². The Hall–Kier alpha value is -4.03. The molecule has 0 atom stereocenters. The van der Waals surface area contributed by atoms with E-state index in [1.807, 2.05) is 47.6 Å². The van der Waals surface area contributed by atoms with E-state index in [1.54, 1.807) is 23.1 Å². The molecule has 2 N–H and O–H groups in total. The van der Waals surface area contributed by atoms with E-state index in [0.717, 1.165) is 11.4 Å². The Bertz CT molecular complexity index is 1680. The van der Waals surface area contributed by atoms with E-state index in [0.29, 0.717) is 48.5 Å². The minimum absolute atomic E-state index is 0.114. The molecule has 0 radical (unpaired) electrons. The SMILES string of the molecule is CSN(C)c1ccccc1C(=O)N1CCOc2cc(S(=O)(=O)N3CCN(c4nc(C)cc(OCC#CCN)n4)CC3)ccc21. The van der Waals surface area contributed by atoms with E-state index in [2.05, 4.69) is 21.8 Å². The van der Waals surface area contributed by atoms with Crippen LogP contribution in [-0.2, 0) is 10.0 Å². The predicted octanol–water partition coefficient (Wildman–Crippen LogP) is 2.39. The van der Waals surface area contributed by atoms with Crippen LogP contribution < -0.4 is 29.3 Å². The van der Waals surface area contributed by atoms with Crippen molar-refractivity contribution in [1.82, 2.24) is 14.3 Å². The Morgan fingerprint density at radius 1 is 1.09 bits per heavy atom. The highest BCUT2D eigenvalue weighted by atomic mass is 32.2. The summed E-state index contributed by atoms with van der Waals surface area (Å²) in [4.78, 5) is 26.4. The van der Waals surface area contributed by atoms with Crippen molar-refractivity contribution in [3.63, 3.8) is 0 Å². The molecule has 2 aromatic carbocycles. The van der Waals surface area contributed by atoms with Crippen LogP contribution in [0.4, 0.5) is 17.3 Å². The molecule has 232 valence electrons. The molecule has 3 heterocycles. The van der Waals surface area contributed by atoms with Crippen LogP contribution in [-0.4, -0.2) is 94.4 Å². The molecule has 0 unspecified atom stereocenters. The first kappa shape index (κ1) is 31.4. The fourth-order valence-electron chi connectivity index (χ4n) is 5.00. The standard InChI is InChI=1S/C30H35N7O5S2/c1-22-20-28(42-18-7-6-12-31)33-30(32-22)35-13-15-36(16-14-35)44(39,40)23-10-11-26-27(21-23)41-19-17-37(26)29(38)24-8-4-5-9-25(24)34(2)43-3/h4-5,8-11,20-21H,12-19,31H2,1-3H3. The zero-order valence-electron chi connectivity index (χ0n) is 24.9. The largest absolute Gasteiger partial charge is 0.489 e. The van der Waals surface area contributed by atoms with Crippen molar-refractivity contribution in [1.29, 1.82) is 0 Å². The normalized spacial score (nSPS) is 15.1. The lowest BCUT2D eigenvalue weighted by Crippen LogP contribution is -2.49. The molecule has 5 rings (SSSR count). The van der Waals surface area contributed by atoms with Crippen molar-refractivity contribution in [2.24, 2.45) is 5.73 Å². The van der Waals surface area contributed by atoms with Gasteiger partial charge in [-0.2, -0.15) is 9.29 Å². The number of anilines is 3. The van der Waals surface area contributed by atoms with Crippen LogP contribution in [0.1, 0.15) is 16.1 Å². The molecule has 0 saturated carbocycles. The Morgan fingerprint density at radius 3 is 2.61 bits per heavy atom. The summed E-state index contributed by atoms with van der Waals surface area (Å²) in [5.41, 5.74) is 8.01. The van der Waals surface area contributed by atoms with Gasteiger partial charge < -0.3 is 29.3 Å². The maximum absolute atomic E-state index is 13.7. The molecule has 2 aliphatic heterocycles. The number of fused-ring (bicyclic) bond motifs is 1. The third kappa shape index (κ3) is 6.71. The van der Waals surface area contributed by atoms with Gasteiger partial charge in [0.1, 0.15) is 12.4 Å². The number of benzene rings is 2. The van der Waals surface area contributed by atoms with Crippen molar-refractivity contribution in [2.45, 2.75) is 11.8 Å². The molecule has 1 fully saturated rings. The Morgan fingerprint density at radius 2 is 1.86 bits per heavy atom. The molecule has 1 aromatic heterocycles. The van der Waals surface area contributed by atoms with Crippen molar-refractivity contribution in [3.8, 4) is 23.5 Å². The monoisotopic (exact) mass is 637 g/mol. The molecule has 14 heteroatoms. The molecule has 0 bridgehead atoms. The van der Waals surface area contributed by atoms with Crippen LogP contribution in [0.3, 0.4) is 0 Å². The number of carbonyl (C=O) groups excluding carboxylic acids is 1. The molecule has 1 saturated heterocycles. The van der Waals surface area contributed by atoms with Crippen LogP contribution in [0.5, 0.6) is 11.6 Å². The summed E-state index contributed by atoms with van der Waals surface area (Å²) in [7, 11) is -1.92. The summed E-state index contributed by atoms with van der Waals surface area (Å²) in [6, 6.07) is 13.8. The van der Waals surface area contributed by atoms with Gasteiger partial charge in [-0.3, -0.25) is 4.79 Å². The molecular weight excluding hydrogens is 603 g/mol. The minimum atomic E-state index is -3.82. The summed E-state index contributed by atoms with van der Waals surface area (Å²) in [5.74, 6) is 6.60. The van der Waals surface area contributed by atoms with E-state index in [4.69, 9.17) is 15.2 Å². The molecule has 3 aromatic rings. The van der Waals surface area contributed by atoms with Crippen molar-refractivity contribution < 1.29 is 22.7 Å². The Balaban J connectivity index is 1.30. The molecule has 12 nitrogen and oxygen atoms in total. The van der Waals surface area contributed by atoms with Crippen LogP contribution in [0, 0.1) is 18.8 Å². The van der Waals surface area contributed by atoms with E-state index in [-0.39, 0.29) is 43.7 Å². The van der Waals surface area contributed by atoms with Crippen LogP contribution in [0.2, 0.25) is 0 Å². The number of hydrogen-bond acceptors (Lipinski definition) is 11. The number of amides is 1. The number of para-hydroxylation sites is 1. The number of carbonyl (C=O) groups is 1. The summed E-state index contributed by atoms with van der Waals surface area (Å²) >= 11 is 1.51. The molecule has 2 aliphatic rings. The number of rotatable bonds is 8. The van der Waals surface area contributed by atoms with Gasteiger partial charge in [0, 0.05) is 57.3 Å². The van der Waals surface area contributed by atoms with Gasteiger partial charge in [-0.15, -0.1) is 0 Å². The number of aryl methyl sites for hydroxylation is 1. The number of aromatic nitrogens is 2. The average Bonchev–Trinajstić information content (AvgIpc) is 3.05. The first-order valence-corrected chi connectivity index (χ1v) is 16.7. The summed E-state index contributed by atoms with van der Waals surface area (Å²) in [5, 5.41) is 0. The van der Waals surface area contributed by atoms with Crippen molar-refractivity contribution in [2.75, 3.05) is 79.9 Å². The zero-order chi connectivity index (χ0) is 31.3. The third-order valence-corrected chi connectivity index (χ3v) is 9.92. The second-order valence-corrected chi connectivity index (χ2v) is 12.9. The Labute approximate surface area is 262 Å². The van der Waals surface area contributed by atoms with Crippen LogP contribution in [0.25, 0.3) is 0 Å². The third-order valence-electron chi connectivity index (χ3n) is 7.28. The fraction of sp³-hybridized carbons (Fsp3) is 0.367. The second kappa shape index (κ2) is 13.7. The molecule has 0 aliphatic carbocycles. The summed E-state index contributed by atoms with van der Waals surface area (Å²) in [6.45, 7) is 4.19. The molecular formula is C30H35N7O5S2. The average molecular weight is 638 g/mol. The molecule has 0 spiro atoms. The van der Waals surface area contributed by atoms with E-state index < -0.39 is 10.0 Å². The van der Waals surface area contributed by atoms with Gasteiger partial charge in [-0.1, -0.05) is 35.9 Å². The highest BCUT2D eigenvalue weighted by Crippen LogP contribution is 2.37. The quantitative estimate of drug-likeness (QED) is 0.288. The number of nitrogens with two attached hydrogens (primary N) is 1. The lowest BCUT2D eigenvalue weighted by Gasteiger charge is -2.34. The van der Waals surface area contributed by atoms with E-state index >= 15 is 0 Å². The number of sulfonamides is 1. The number of nitrogens with zero attached hydrogens (tertiary/aromatic N) is 6. The summed E-state index contributed by atoms with van der Waals surface area (Å²) in [6.07, 6.45) is 1.94.